The fraction of sp³-hybridized carbons (Fsp3) is 0.636. The second kappa shape index (κ2) is 6.64. The number of nitrogens with one attached hydrogen (secondary N) is 1. The molecule has 1 saturated heterocycles. The molecule has 90 valence electrons. The van der Waals surface area contributed by atoms with E-state index in [-0.39, 0.29) is 0 Å². The molecule has 0 saturated carbocycles. The van der Waals surface area contributed by atoms with E-state index >= 15 is 0 Å². The SMILES string of the molecule is Clc1sc(CNCC2CCCCS2)cc1Br. The number of halogens is 2. The van der Waals surface area contributed by atoms with Crippen LogP contribution in [0.15, 0.2) is 10.5 Å². The molecule has 16 heavy (non-hydrogen) atoms. The van der Waals surface area contributed by atoms with Gasteiger partial charge in [0.15, 0.2) is 0 Å². The van der Waals surface area contributed by atoms with Gasteiger partial charge in [-0.2, -0.15) is 11.8 Å². The molecule has 0 aliphatic carbocycles. The maximum atomic E-state index is 6.00. The molecule has 1 atom stereocenters. The van der Waals surface area contributed by atoms with Crippen LogP contribution in [0.4, 0.5) is 0 Å². The summed E-state index contributed by atoms with van der Waals surface area (Å²) in [7, 11) is 0. The van der Waals surface area contributed by atoms with Gasteiger partial charge in [0.2, 0.25) is 0 Å². The minimum Gasteiger partial charge on any atom is -0.311 e. The van der Waals surface area contributed by atoms with Crippen LogP contribution in [0.25, 0.3) is 0 Å². The number of hydrogen-bond acceptors (Lipinski definition) is 3. The fourth-order valence-corrected chi connectivity index (χ4v) is 4.84. The van der Waals surface area contributed by atoms with Crippen LogP contribution >= 0.6 is 50.6 Å². The number of hydrogen-bond donors (Lipinski definition) is 1. The molecular formula is C11H15BrClNS2. The van der Waals surface area contributed by atoms with Gasteiger partial charge in [0.1, 0.15) is 4.34 Å². The molecule has 1 aliphatic heterocycles. The maximum absolute atomic E-state index is 6.00. The lowest BCUT2D eigenvalue weighted by Gasteiger charge is -2.21. The smallest absolute Gasteiger partial charge is 0.107 e. The van der Waals surface area contributed by atoms with Gasteiger partial charge < -0.3 is 5.32 Å². The third kappa shape index (κ3) is 3.91. The molecule has 0 radical (unpaired) electrons. The van der Waals surface area contributed by atoms with Crippen LogP contribution in [0.3, 0.4) is 0 Å². The van der Waals surface area contributed by atoms with E-state index in [1.807, 2.05) is 0 Å². The van der Waals surface area contributed by atoms with Crippen molar-refractivity contribution >= 4 is 50.6 Å². The summed E-state index contributed by atoms with van der Waals surface area (Å²) in [5, 5.41) is 4.33. The highest BCUT2D eigenvalue weighted by atomic mass is 79.9. The van der Waals surface area contributed by atoms with Gasteiger partial charge in [0.25, 0.3) is 0 Å². The Morgan fingerprint density at radius 2 is 2.38 bits per heavy atom. The minimum atomic E-state index is 0.813. The van der Waals surface area contributed by atoms with E-state index in [0.717, 1.165) is 27.1 Å². The van der Waals surface area contributed by atoms with Crippen molar-refractivity contribution < 1.29 is 0 Å². The summed E-state index contributed by atoms with van der Waals surface area (Å²) in [6.45, 7) is 2.06. The lowest BCUT2D eigenvalue weighted by Crippen LogP contribution is -2.26. The molecule has 1 aliphatic rings. The van der Waals surface area contributed by atoms with Gasteiger partial charge in [0.05, 0.1) is 0 Å². The lowest BCUT2D eigenvalue weighted by molar-refractivity contribution is 0.600. The molecule has 1 unspecified atom stereocenters. The Morgan fingerprint density at radius 3 is 3.00 bits per heavy atom. The third-order valence-corrected chi connectivity index (χ3v) is 6.51. The minimum absolute atomic E-state index is 0.813. The van der Waals surface area contributed by atoms with Gasteiger partial charge in [-0.3, -0.25) is 0 Å². The number of thioether (sulfide) groups is 1. The van der Waals surface area contributed by atoms with E-state index < -0.39 is 0 Å². The Labute approximate surface area is 118 Å². The summed E-state index contributed by atoms with van der Waals surface area (Å²) in [5.74, 6) is 1.34. The second-order valence-electron chi connectivity index (χ2n) is 3.95. The Bertz CT molecular complexity index is 317. The molecule has 2 heterocycles. The molecule has 0 amide bonds. The first-order valence-electron chi connectivity index (χ1n) is 5.52. The fourth-order valence-electron chi connectivity index (χ4n) is 1.80. The molecule has 1 nitrogen and oxygen atoms in total. The summed E-state index contributed by atoms with van der Waals surface area (Å²) in [5.41, 5.74) is 0. The van der Waals surface area contributed by atoms with Gasteiger partial charge in [-0.1, -0.05) is 18.0 Å². The zero-order chi connectivity index (χ0) is 11.4. The van der Waals surface area contributed by atoms with Gasteiger partial charge in [-0.05, 0) is 40.6 Å². The van der Waals surface area contributed by atoms with Crippen molar-refractivity contribution in [1.82, 2.24) is 5.32 Å². The molecule has 0 bridgehead atoms. The highest BCUT2D eigenvalue weighted by Crippen LogP contribution is 2.32. The molecular weight excluding hydrogens is 326 g/mol. The quantitative estimate of drug-likeness (QED) is 0.863. The van der Waals surface area contributed by atoms with Crippen LogP contribution in [-0.4, -0.2) is 17.5 Å². The molecule has 0 spiro atoms. The number of rotatable bonds is 4. The summed E-state index contributed by atoms with van der Waals surface area (Å²) >= 11 is 13.2. The van der Waals surface area contributed by atoms with Crippen molar-refractivity contribution in [1.29, 1.82) is 0 Å². The monoisotopic (exact) mass is 339 g/mol. The van der Waals surface area contributed by atoms with Gasteiger partial charge in [-0.15, -0.1) is 11.3 Å². The molecule has 5 heteroatoms. The lowest BCUT2D eigenvalue weighted by atomic mass is 10.2. The largest absolute Gasteiger partial charge is 0.311 e. The van der Waals surface area contributed by atoms with Gasteiger partial charge in [0, 0.05) is 27.7 Å². The van der Waals surface area contributed by atoms with E-state index in [4.69, 9.17) is 11.6 Å². The first-order chi connectivity index (χ1) is 7.75. The zero-order valence-electron chi connectivity index (χ0n) is 8.97. The average molecular weight is 341 g/mol. The van der Waals surface area contributed by atoms with Gasteiger partial charge >= 0.3 is 0 Å². The van der Waals surface area contributed by atoms with Crippen molar-refractivity contribution in [2.24, 2.45) is 0 Å². The first-order valence-corrected chi connectivity index (χ1v) is 8.55. The summed E-state index contributed by atoms with van der Waals surface area (Å²) in [6, 6.07) is 2.11. The van der Waals surface area contributed by atoms with Crippen LogP contribution in [0.1, 0.15) is 24.1 Å². The standard InChI is InChI=1S/C11H15BrClNS2/c12-10-5-9(16-11(10)13)7-14-6-8-3-1-2-4-15-8/h5,8,14H,1-4,6-7H2. The zero-order valence-corrected chi connectivity index (χ0v) is 12.9. The normalized spacial score (nSPS) is 21.2. The summed E-state index contributed by atoms with van der Waals surface area (Å²) in [6.07, 6.45) is 4.16. The predicted molar refractivity (Wildman–Crippen MR) is 78.8 cm³/mol. The highest BCUT2D eigenvalue weighted by molar-refractivity contribution is 9.10. The third-order valence-electron chi connectivity index (χ3n) is 2.64. The van der Waals surface area contributed by atoms with Crippen molar-refractivity contribution in [2.45, 2.75) is 31.1 Å². The Hall–Kier alpha value is 0.780. The highest BCUT2D eigenvalue weighted by Gasteiger charge is 2.13. The Kier molecular flexibility index (Phi) is 5.49. The molecule has 2 rings (SSSR count). The van der Waals surface area contributed by atoms with E-state index in [0.29, 0.717) is 0 Å². The maximum Gasteiger partial charge on any atom is 0.107 e. The molecule has 1 aromatic heterocycles. The van der Waals surface area contributed by atoms with E-state index in [9.17, 15) is 0 Å². The van der Waals surface area contributed by atoms with Crippen LogP contribution in [0.5, 0.6) is 0 Å². The Balaban J connectivity index is 1.71. The van der Waals surface area contributed by atoms with E-state index in [1.165, 1.54) is 29.9 Å². The van der Waals surface area contributed by atoms with Crippen LogP contribution in [-0.2, 0) is 6.54 Å². The van der Waals surface area contributed by atoms with Crippen molar-refractivity contribution in [2.75, 3.05) is 12.3 Å². The topological polar surface area (TPSA) is 12.0 Å². The van der Waals surface area contributed by atoms with Crippen LogP contribution in [0.2, 0.25) is 4.34 Å². The molecule has 0 aromatic carbocycles. The summed E-state index contributed by atoms with van der Waals surface area (Å²) in [4.78, 5) is 1.30. The molecule has 1 N–H and O–H groups in total. The van der Waals surface area contributed by atoms with Crippen LogP contribution < -0.4 is 5.32 Å². The average Bonchev–Trinajstić information content (AvgIpc) is 2.60. The number of thiophene rings is 1. The van der Waals surface area contributed by atoms with Crippen LogP contribution in [0, 0.1) is 0 Å². The Morgan fingerprint density at radius 1 is 1.50 bits per heavy atom. The van der Waals surface area contributed by atoms with Crippen molar-refractivity contribution in [3.8, 4) is 0 Å². The molecule has 1 fully saturated rings. The van der Waals surface area contributed by atoms with Crippen molar-refractivity contribution in [3.05, 3.63) is 19.8 Å². The van der Waals surface area contributed by atoms with E-state index in [2.05, 4.69) is 39.1 Å². The van der Waals surface area contributed by atoms with E-state index in [1.54, 1.807) is 11.3 Å². The summed E-state index contributed by atoms with van der Waals surface area (Å²) < 4.78 is 1.87. The predicted octanol–water partition coefficient (Wildman–Crippen LogP) is 4.54. The second-order valence-corrected chi connectivity index (χ2v) is 7.96. The molecule has 1 aromatic rings. The first kappa shape index (κ1) is 13.2. The van der Waals surface area contributed by atoms with Crippen molar-refractivity contribution in [3.63, 3.8) is 0 Å². The van der Waals surface area contributed by atoms with Gasteiger partial charge in [-0.25, -0.2) is 0 Å².